The zero-order valence-corrected chi connectivity index (χ0v) is 9.59. The zero-order valence-electron chi connectivity index (χ0n) is 8.78. The Morgan fingerprint density at radius 2 is 2.11 bits per heavy atom. The van der Waals surface area contributed by atoms with Gasteiger partial charge in [0.15, 0.2) is 4.77 Å². The molecule has 0 atom stereocenters. The van der Waals surface area contributed by atoms with Crippen LogP contribution in [0.5, 0.6) is 0 Å². The third kappa shape index (κ3) is 2.25. The molecule has 18 heavy (non-hydrogen) atoms. The van der Waals surface area contributed by atoms with Gasteiger partial charge in [0, 0.05) is 17.8 Å². The van der Waals surface area contributed by atoms with Crippen LogP contribution in [0.1, 0.15) is 10.4 Å². The second kappa shape index (κ2) is 4.61. The van der Waals surface area contributed by atoms with Gasteiger partial charge in [0.05, 0.1) is 5.69 Å². The number of hydrogen-bond donors (Lipinski definition) is 2. The van der Waals surface area contributed by atoms with Crippen molar-refractivity contribution in [1.82, 2.24) is 9.97 Å². The summed E-state index contributed by atoms with van der Waals surface area (Å²) >= 11 is 4.76. The van der Waals surface area contributed by atoms with Gasteiger partial charge in [0.25, 0.3) is 0 Å². The molecule has 1 aromatic heterocycles. The van der Waals surface area contributed by atoms with Crippen LogP contribution in [-0.4, -0.2) is 21.0 Å². The van der Waals surface area contributed by atoms with E-state index in [0.29, 0.717) is 6.07 Å². The number of aromatic carboxylic acids is 1. The molecule has 0 saturated carbocycles. The van der Waals surface area contributed by atoms with Gasteiger partial charge < -0.3 is 10.1 Å². The summed E-state index contributed by atoms with van der Waals surface area (Å²) in [6.07, 6.45) is 1.03. The highest BCUT2D eigenvalue weighted by Gasteiger charge is 2.16. The van der Waals surface area contributed by atoms with Crippen molar-refractivity contribution in [1.29, 1.82) is 0 Å². The fraction of sp³-hybridized carbons (Fsp3) is 0. The second-order valence-corrected chi connectivity index (χ2v) is 3.79. The number of halogens is 2. The maximum absolute atomic E-state index is 13.6. The number of nitrogens with one attached hydrogen (secondary N) is 1. The van der Waals surface area contributed by atoms with E-state index in [9.17, 15) is 13.6 Å². The van der Waals surface area contributed by atoms with E-state index in [1.807, 2.05) is 0 Å². The number of nitrogens with zero attached hydrogens (tertiary/aromatic N) is 1. The minimum atomic E-state index is -1.28. The fourth-order valence-corrected chi connectivity index (χ4v) is 1.62. The summed E-state index contributed by atoms with van der Waals surface area (Å²) in [4.78, 5) is 17.1. The molecule has 0 radical (unpaired) electrons. The first-order valence-corrected chi connectivity index (χ1v) is 5.18. The highest BCUT2D eigenvalue weighted by molar-refractivity contribution is 7.71. The van der Waals surface area contributed by atoms with Crippen molar-refractivity contribution in [3.05, 3.63) is 46.4 Å². The van der Waals surface area contributed by atoms with Gasteiger partial charge >= 0.3 is 5.97 Å². The summed E-state index contributed by atoms with van der Waals surface area (Å²) in [5.74, 6) is -2.91. The van der Waals surface area contributed by atoms with Crippen molar-refractivity contribution in [2.24, 2.45) is 0 Å². The van der Waals surface area contributed by atoms with E-state index in [0.717, 1.165) is 18.3 Å². The summed E-state index contributed by atoms with van der Waals surface area (Å²) in [5.41, 5.74) is -0.364. The lowest BCUT2D eigenvalue weighted by Crippen LogP contribution is -2.04. The molecule has 1 heterocycles. The molecular weight excluding hydrogens is 262 g/mol. The fourth-order valence-electron chi connectivity index (χ4n) is 1.46. The average Bonchev–Trinajstić information content (AvgIpc) is 2.28. The van der Waals surface area contributed by atoms with Crippen LogP contribution < -0.4 is 0 Å². The summed E-state index contributed by atoms with van der Waals surface area (Å²) in [6.45, 7) is 0. The highest BCUT2D eigenvalue weighted by Crippen LogP contribution is 2.24. The Labute approximate surface area is 105 Å². The first-order valence-electron chi connectivity index (χ1n) is 4.77. The van der Waals surface area contributed by atoms with Gasteiger partial charge in [0.1, 0.15) is 17.2 Å². The SMILES string of the molecule is O=C(O)c1cnc(=S)[nH]c1-c1ccc(F)cc1F. The number of carboxylic acids is 1. The van der Waals surface area contributed by atoms with E-state index in [-0.39, 0.29) is 21.6 Å². The molecule has 0 saturated heterocycles. The number of aromatic nitrogens is 2. The molecule has 0 aliphatic heterocycles. The van der Waals surface area contributed by atoms with Gasteiger partial charge in [-0.05, 0) is 24.4 Å². The molecule has 0 spiro atoms. The van der Waals surface area contributed by atoms with Gasteiger partial charge in [-0.25, -0.2) is 18.6 Å². The first kappa shape index (κ1) is 12.3. The van der Waals surface area contributed by atoms with Gasteiger partial charge in [-0.3, -0.25) is 0 Å². The van der Waals surface area contributed by atoms with Crippen LogP contribution in [0.15, 0.2) is 24.4 Å². The van der Waals surface area contributed by atoms with Gasteiger partial charge in [0.2, 0.25) is 0 Å². The molecule has 0 fully saturated rings. The van der Waals surface area contributed by atoms with Crippen LogP contribution in [0.2, 0.25) is 0 Å². The molecule has 1 aromatic carbocycles. The van der Waals surface area contributed by atoms with Gasteiger partial charge in [-0.1, -0.05) is 0 Å². The number of aromatic amines is 1. The van der Waals surface area contributed by atoms with E-state index >= 15 is 0 Å². The standard InChI is InChI=1S/C11H6F2N2O2S/c12-5-1-2-6(8(13)3-5)9-7(10(16)17)4-14-11(18)15-9/h1-4H,(H,16,17)(H,14,15,18). The molecule has 0 amide bonds. The first-order chi connectivity index (χ1) is 8.49. The van der Waals surface area contributed by atoms with Crippen LogP contribution in [0.3, 0.4) is 0 Å². The number of benzene rings is 1. The Balaban J connectivity index is 2.73. The Morgan fingerprint density at radius 1 is 1.39 bits per heavy atom. The number of rotatable bonds is 2. The van der Waals surface area contributed by atoms with Gasteiger partial charge in [-0.2, -0.15) is 0 Å². The molecule has 0 bridgehead atoms. The molecular formula is C11H6F2N2O2S. The predicted octanol–water partition coefficient (Wildman–Crippen LogP) is 2.78. The van der Waals surface area contributed by atoms with Crippen LogP contribution in [-0.2, 0) is 0 Å². The van der Waals surface area contributed by atoms with Crippen LogP contribution in [0.4, 0.5) is 8.78 Å². The van der Waals surface area contributed by atoms with Crippen molar-refractivity contribution >= 4 is 18.2 Å². The quantitative estimate of drug-likeness (QED) is 0.822. The van der Waals surface area contributed by atoms with E-state index < -0.39 is 17.6 Å². The Hall–Kier alpha value is -2.15. The van der Waals surface area contributed by atoms with Crippen LogP contribution in [0.25, 0.3) is 11.3 Å². The highest BCUT2D eigenvalue weighted by atomic mass is 32.1. The molecule has 2 N–H and O–H groups in total. The van der Waals surface area contributed by atoms with E-state index in [1.165, 1.54) is 0 Å². The second-order valence-electron chi connectivity index (χ2n) is 3.41. The summed E-state index contributed by atoms with van der Waals surface area (Å²) in [7, 11) is 0. The molecule has 0 unspecified atom stereocenters. The average molecular weight is 268 g/mol. The van der Waals surface area contributed by atoms with E-state index in [4.69, 9.17) is 17.3 Å². The van der Waals surface area contributed by atoms with Crippen molar-refractivity contribution in [3.63, 3.8) is 0 Å². The largest absolute Gasteiger partial charge is 0.478 e. The lowest BCUT2D eigenvalue weighted by Gasteiger charge is -2.07. The summed E-state index contributed by atoms with van der Waals surface area (Å²) in [5, 5.41) is 8.97. The molecule has 2 rings (SSSR count). The minimum absolute atomic E-state index is 0.0127. The molecule has 7 heteroatoms. The Bertz CT molecular complexity index is 685. The number of carboxylic acid groups (broad SMARTS) is 1. The Kier molecular flexibility index (Phi) is 3.15. The normalized spacial score (nSPS) is 10.3. The van der Waals surface area contributed by atoms with Crippen LogP contribution in [0, 0.1) is 16.4 Å². The predicted molar refractivity (Wildman–Crippen MR) is 61.7 cm³/mol. The zero-order chi connectivity index (χ0) is 13.3. The maximum atomic E-state index is 13.6. The number of H-pyrrole nitrogens is 1. The van der Waals surface area contributed by atoms with Crippen molar-refractivity contribution in [2.45, 2.75) is 0 Å². The lowest BCUT2D eigenvalue weighted by atomic mass is 10.1. The third-order valence-electron chi connectivity index (χ3n) is 2.24. The van der Waals surface area contributed by atoms with Crippen LogP contribution >= 0.6 is 12.2 Å². The maximum Gasteiger partial charge on any atom is 0.339 e. The monoisotopic (exact) mass is 268 g/mol. The van der Waals surface area contributed by atoms with E-state index in [2.05, 4.69) is 9.97 Å². The Morgan fingerprint density at radius 3 is 2.72 bits per heavy atom. The molecule has 0 aliphatic rings. The number of carbonyl (C=O) groups is 1. The molecule has 4 nitrogen and oxygen atoms in total. The topological polar surface area (TPSA) is 66.0 Å². The molecule has 0 aliphatic carbocycles. The van der Waals surface area contributed by atoms with Crippen molar-refractivity contribution in [3.8, 4) is 11.3 Å². The third-order valence-corrected chi connectivity index (χ3v) is 2.45. The van der Waals surface area contributed by atoms with Crippen molar-refractivity contribution < 1.29 is 18.7 Å². The van der Waals surface area contributed by atoms with Gasteiger partial charge in [-0.15, -0.1) is 0 Å². The van der Waals surface area contributed by atoms with Crippen molar-refractivity contribution in [2.75, 3.05) is 0 Å². The lowest BCUT2D eigenvalue weighted by molar-refractivity contribution is 0.0697. The molecule has 2 aromatic rings. The minimum Gasteiger partial charge on any atom is -0.478 e. The number of hydrogen-bond acceptors (Lipinski definition) is 3. The summed E-state index contributed by atoms with van der Waals surface area (Å²) in [6, 6.07) is 2.83. The summed E-state index contributed by atoms with van der Waals surface area (Å²) < 4.78 is 26.4. The smallest absolute Gasteiger partial charge is 0.339 e. The van der Waals surface area contributed by atoms with E-state index in [1.54, 1.807) is 0 Å². The molecule has 92 valence electrons.